The molecule has 4 aliphatic rings. The highest BCUT2D eigenvalue weighted by molar-refractivity contribution is 6.06. The lowest BCUT2D eigenvalue weighted by atomic mass is 9.85. The van der Waals surface area contributed by atoms with Crippen LogP contribution >= 0.6 is 0 Å². The number of allylic oxidation sites excluding steroid dienone is 4. The zero-order chi connectivity index (χ0) is 20.8. The van der Waals surface area contributed by atoms with Crippen LogP contribution in [0.1, 0.15) is 36.8 Å². The van der Waals surface area contributed by atoms with E-state index in [9.17, 15) is 19.2 Å². The standard InChI is InChI=1S/C24H24N2O4/c27-21-17-5-1-2-6-18(17)22(28)25(21)13-15-9-11-16(12-10-15)14-26-23(29)19-7-3-4-8-20(19)24(26)30/h1-4,9-12,17-20H,5-8,13-14H2/t17-,18+,19-,20+. The van der Waals surface area contributed by atoms with Crippen LogP contribution in [0.3, 0.4) is 0 Å². The predicted octanol–water partition coefficient (Wildman–Crippen LogP) is 2.59. The summed E-state index contributed by atoms with van der Waals surface area (Å²) in [5.74, 6) is -1.19. The van der Waals surface area contributed by atoms with Gasteiger partial charge in [0.2, 0.25) is 23.6 Å². The molecule has 30 heavy (non-hydrogen) atoms. The maximum Gasteiger partial charge on any atom is 0.233 e. The van der Waals surface area contributed by atoms with E-state index in [1.807, 2.05) is 48.6 Å². The maximum atomic E-state index is 12.6. The first-order chi connectivity index (χ1) is 14.5. The fourth-order valence-corrected chi connectivity index (χ4v) is 5.16. The minimum absolute atomic E-state index is 0.0806. The number of carbonyl (C=O) groups is 4. The average Bonchev–Trinajstić information content (AvgIpc) is 3.16. The molecule has 2 aliphatic carbocycles. The van der Waals surface area contributed by atoms with Crippen LogP contribution in [0.15, 0.2) is 48.6 Å². The molecule has 5 rings (SSSR count). The van der Waals surface area contributed by atoms with E-state index < -0.39 is 0 Å². The summed E-state index contributed by atoms with van der Waals surface area (Å²) < 4.78 is 0. The van der Waals surface area contributed by atoms with Gasteiger partial charge in [-0.05, 0) is 36.8 Å². The molecule has 0 bridgehead atoms. The molecular weight excluding hydrogens is 380 g/mol. The third kappa shape index (κ3) is 3.02. The predicted molar refractivity (Wildman–Crippen MR) is 108 cm³/mol. The molecule has 1 aromatic carbocycles. The normalized spacial score (nSPS) is 30.3. The number of benzene rings is 1. The molecular formula is C24H24N2O4. The summed E-state index contributed by atoms with van der Waals surface area (Å²) in [5, 5.41) is 0. The first-order valence-corrected chi connectivity index (χ1v) is 10.6. The largest absolute Gasteiger partial charge is 0.278 e. The Labute approximate surface area is 175 Å². The molecule has 154 valence electrons. The molecule has 1 aromatic rings. The molecule has 2 fully saturated rings. The molecule has 6 heteroatoms. The third-order valence-electron chi connectivity index (χ3n) is 6.90. The molecule has 0 radical (unpaired) electrons. The van der Waals surface area contributed by atoms with Crippen LogP contribution in [-0.2, 0) is 32.3 Å². The van der Waals surface area contributed by atoms with E-state index in [0.29, 0.717) is 25.7 Å². The number of rotatable bonds is 4. The highest BCUT2D eigenvalue weighted by Gasteiger charge is 2.48. The van der Waals surface area contributed by atoms with Crippen molar-refractivity contribution < 1.29 is 19.2 Å². The summed E-state index contributed by atoms with van der Waals surface area (Å²) in [5.41, 5.74) is 1.73. The number of nitrogens with zero attached hydrogens (tertiary/aromatic N) is 2. The van der Waals surface area contributed by atoms with Crippen molar-refractivity contribution in [3.63, 3.8) is 0 Å². The molecule has 0 spiro atoms. The summed E-state index contributed by atoms with van der Waals surface area (Å²) >= 11 is 0. The Morgan fingerprint density at radius 3 is 1.07 bits per heavy atom. The Morgan fingerprint density at radius 1 is 0.533 bits per heavy atom. The van der Waals surface area contributed by atoms with Gasteiger partial charge in [0.1, 0.15) is 0 Å². The van der Waals surface area contributed by atoms with Gasteiger partial charge in [-0.2, -0.15) is 0 Å². The van der Waals surface area contributed by atoms with E-state index in [1.54, 1.807) is 0 Å². The average molecular weight is 404 g/mol. The maximum absolute atomic E-state index is 12.6. The van der Waals surface area contributed by atoms with Crippen LogP contribution in [0, 0.1) is 23.7 Å². The van der Waals surface area contributed by atoms with Gasteiger partial charge in [0.15, 0.2) is 0 Å². The van der Waals surface area contributed by atoms with Gasteiger partial charge in [-0.25, -0.2) is 0 Å². The lowest BCUT2D eigenvalue weighted by Gasteiger charge is -2.17. The highest BCUT2D eigenvalue weighted by Crippen LogP contribution is 2.37. The summed E-state index contributed by atoms with van der Waals surface area (Å²) in [6.07, 6.45) is 10.5. The summed E-state index contributed by atoms with van der Waals surface area (Å²) in [7, 11) is 0. The number of amides is 4. The van der Waals surface area contributed by atoms with E-state index in [4.69, 9.17) is 0 Å². The van der Waals surface area contributed by atoms with Crippen molar-refractivity contribution in [2.24, 2.45) is 23.7 Å². The number of hydrogen-bond donors (Lipinski definition) is 0. The molecule has 0 unspecified atom stereocenters. The number of likely N-dealkylation sites (tertiary alicyclic amines) is 2. The fraction of sp³-hybridized carbons (Fsp3) is 0.417. The second-order valence-electron chi connectivity index (χ2n) is 8.65. The molecule has 0 aromatic heterocycles. The van der Waals surface area contributed by atoms with Gasteiger partial charge in [-0.1, -0.05) is 48.6 Å². The smallest absolute Gasteiger partial charge is 0.233 e. The Balaban J connectivity index is 1.25. The molecule has 4 amide bonds. The van der Waals surface area contributed by atoms with Gasteiger partial charge in [-0.15, -0.1) is 0 Å². The Bertz CT molecular complexity index is 846. The second-order valence-corrected chi connectivity index (χ2v) is 8.65. The number of hydrogen-bond acceptors (Lipinski definition) is 4. The van der Waals surface area contributed by atoms with Crippen LogP contribution in [0.5, 0.6) is 0 Å². The monoisotopic (exact) mass is 404 g/mol. The van der Waals surface area contributed by atoms with Crippen LogP contribution in [-0.4, -0.2) is 33.4 Å². The minimum atomic E-state index is -0.216. The Morgan fingerprint density at radius 2 is 0.800 bits per heavy atom. The fourth-order valence-electron chi connectivity index (χ4n) is 5.16. The van der Waals surface area contributed by atoms with E-state index in [2.05, 4.69) is 0 Å². The summed E-state index contributed by atoms with van der Waals surface area (Å²) in [4.78, 5) is 53.3. The molecule has 4 atom stereocenters. The van der Waals surface area contributed by atoms with Crippen molar-refractivity contribution in [2.45, 2.75) is 38.8 Å². The van der Waals surface area contributed by atoms with Crippen molar-refractivity contribution in [3.05, 3.63) is 59.7 Å². The van der Waals surface area contributed by atoms with Crippen molar-refractivity contribution in [2.75, 3.05) is 0 Å². The lowest BCUT2D eigenvalue weighted by Crippen LogP contribution is -2.31. The van der Waals surface area contributed by atoms with Crippen molar-refractivity contribution in [3.8, 4) is 0 Å². The SMILES string of the molecule is O=C1[C@H]2CC=CC[C@H]2C(=O)N1Cc1ccc(CN2C(=O)[C@H]3CC=CC[C@H]3C2=O)cc1. The van der Waals surface area contributed by atoms with Crippen molar-refractivity contribution >= 4 is 23.6 Å². The number of fused-ring (bicyclic) bond motifs is 2. The van der Waals surface area contributed by atoms with Crippen molar-refractivity contribution in [1.82, 2.24) is 9.80 Å². The third-order valence-corrected chi connectivity index (χ3v) is 6.90. The lowest BCUT2D eigenvalue weighted by molar-refractivity contribution is -0.142. The van der Waals surface area contributed by atoms with Crippen LogP contribution in [0.2, 0.25) is 0 Å². The van der Waals surface area contributed by atoms with Crippen LogP contribution < -0.4 is 0 Å². The van der Waals surface area contributed by atoms with E-state index in [1.165, 1.54) is 9.80 Å². The van der Waals surface area contributed by atoms with Crippen LogP contribution in [0.25, 0.3) is 0 Å². The van der Waals surface area contributed by atoms with Gasteiger partial charge < -0.3 is 0 Å². The first kappa shape index (κ1) is 19.0. The van der Waals surface area contributed by atoms with Gasteiger partial charge >= 0.3 is 0 Å². The quantitative estimate of drug-likeness (QED) is 0.571. The van der Waals surface area contributed by atoms with E-state index >= 15 is 0 Å². The molecule has 2 heterocycles. The molecule has 2 aliphatic heterocycles. The van der Waals surface area contributed by atoms with E-state index in [0.717, 1.165) is 11.1 Å². The molecule has 0 N–H and O–H groups in total. The van der Waals surface area contributed by atoms with E-state index in [-0.39, 0.29) is 60.4 Å². The molecule has 2 saturated heterocycles. The van der Waals surface area contributed by atoms with Gasteiger partial charge in [0, 0.05) is 0 Å². The zero-order valence-corrected chi connectivity index (χ0v) is 16.7. The Kier molecular flexibility index (Phi) is 4.65. The van der Waals surface area contributed by atoms with Crippen LogP contribution in [0.4, 0.5) is 0 Å². The molecule has 6 nitrogen and oxygen atoms in total. The summed E-state index contributed by atoms with van der Waals surface area (Å²) in [6, 6.07) is 7.48. The highest BCUT2D eigenvalue weighted by atomic mass is 16.2. The number of carbonyl (C=O) groups excluding carboxylic acids is 4. The topological polar surface area (TPSA) is 74.8 Å². The minimum Gasteiger partial charge on any atom is -0.278 e. The van der Waals surface area contributed by atoms with Crippen molar-refractivity contribution in [1.29, 1.82) is 0 Å². The molecule has 0 saturated carbocycles. The second kappa shape index (κ2) is 7.35. The summed E-state index contributed by atoms with van der Waals surface area (Å²) in [6.45, 7) is 0.532. The number of imide groups is 2. The first-order valence-electron chi connectivity index (χ1n) is 10.6. The Hall–Kier alpha value is -3.02. The van der Waals surface area contributed by atoms with Gasteiger partial charge in [0.25, 0.3) is 0 Å². The van der Waals surface area contributed by atoms with Gasteiger partial charge in [0.05, 0.1) is 36.8 Å². The zero-order valence-electron chi connectivity index (χ0n) is 16.7. The van der Waals surface area contributed by atoms with Gasteiger partial charge in [-0.3, -0.25) is 29.0 Å².